The Labute approximate surface area is 110 Å². The summed E-state index contributed by atoms with van der Waals surface area (Å²) in [5, 5.41) is 11.3. The second-order valence-electron chi connectivity index (χ2n) is 4.28. The van der Waals surface area contributed by atoms with E-state index in [-0.39, 0.29) is 24.9 Å². The molecule has 0 fully saturated rings. The number of hydrogen-bond donors (Lipinski definition) is 2. The Bertz CT molecular complexity index is 426. The molecule has 1 aromatic carbocycles. The summed E-state index contributed by atoms with van der Waals surface area (Å²) in [5.41, 5.74) is 0. The summed E-state index contributed by atoms with van der Waals surface area (Å²) in [6, 6.07) is 2.88. The van der Waals surface area contributed by atoms with Crippen molar-refractivity contribution in [3.05, 3.63) is 29.8 Å². The van der Waals surface area contributed by atoms with Crippen LogP contribution in [0.15, 0.2) is 18.2 Å². The first-order valence-electron chi connectivity index (χ1n) is 5.98. The fourth-order valence-corrected chi connectivity index (χ4v) is 1.40. The molecule has 6 heteroatoms. The lowest BCUT2D eigenvalue weighted by molar-refractivity contribution is -0.123. The SMILES string of the molecule is CC(CCO)CNC(=O)COc1ccc(F)cc1F. The van der Waals surface area contributed by atoms with Gasteiger partial charge in [0.1, 0.15) is 5.82 Å². The van der Waals surface area contributed by atoms with Crippen molar-refractivity contribution in [1.29, 1.82) is 0 Å². The zero-order valence-corrected chi connectivity index (χ0v) is 10.7. The first kappa shape index (κ1) is 15.4. The molecular formula is C13H17F2NO3. The molecule has 4 nitrogen and oxygen atoms in total. The second kappa shape index (κ2) is 7.68. The van der Waals surface area contributed by atoms with E-state index in [0.29, 0.717) is 19.0 Å². The predicted octanol–water partition coefficient (Wildman–Crippen LogP) is 1.48. The average molecular weight is 273 g/mol. The summed E-state index contributed by atoms with van der Waals surface area (Å²) in [6.45, 7) is 2.02. The van der Waals surface area contributed by atoms with Crippen LogP contribution in [0.1, 0.15) is 13.3 Å². The number of amides is 1. The number of hydrogen-bond acceptors (Lipinski definition) is 3. The number of ether oxygens (including phenoxy) is 1. The molecule has 0 aliphatic rings. The molecule has 19 heavy (non-hydrogen) atoms. The van der Waals surface area contributed by atoms with E-state index in [2.05, 4.69) is 5.32 Å². The third-order valence-corrected chi connectivity index (χ3v) is 2.52. The van der Waals surface area contributed by atoms with Crippen molar-refractivity contribution in [3.63, 3.8) is 0 Å². The maximum absolute atomic E-state index is 13.2. The number of halogens is 2. The largest absolute Gasteiger partial charge is 0.481 e. The molecule has 1 amide bonds. The van der Waals surface area contributed by atoms with Gasteiger partial charge in [0.2, 0.25) is 0 Å². The Kier molecular flexibility index (Phi) is 6.21. The van der Waals surface area contributed by atoms with Gasteiger partial charge in [0.15, 0.2) is 18.2 Å². The summed E-state index contributed by atoms with van der Waals surface area (Å²) in [7, 11) is 0. The molecular weight excluding hydrogens is 256 g/mol. The lowest BCUT2D eigenvalue weighted by Gasteiger charge is -2.12. The molecule has 1 atom stereocenters. The van der Waals surface area contributed by atoms with Crippen LogP contribution >= 0.6 is 0 Å². The number of benzene rings is 1. The molecule has 106 valence electrons. The predicted molar refractivity (Wildman–Crippen MR) is 65.7 cm³/mol. The first-order chi connectivity index (χ1) is 9.02. The van der Waals surface area contributed by atoms with Gasteiger partial charge in [-0.25, -0.2) is 8.78 Å². The highest BCUT2D eigenvalue weighted by molar-refractivity contribution is 5.77. The van der Waals surface area contributed by atoms with Crippen LogP contribution in [0.3, 0.4) is 0 Å². The van der Waals surface area contributed by atoms with E-state index in [1.165, 1.54) is 0 Å². The molecule has 0 heterocycles. The third-order valence-electron chi connectivity index (χ3n) is 2.52. The summed E-state index contributed by atoms with van der Waals surface area (Å²) >= 11 is 0. The maximum Gasteiger partial charge on any atom is 0.257 e. The molecule has 0 radical (unpaired) electrons. The van der Waals surface area contributed by atoms with Crippen molar-refractivity contribution in [2.24, 2.45) is 5.92 Å². The maximum atomic E-state index is 13.2. The van der Waals surface area contributed by atoms with Crippen molar-refractivity contribution in [1.82, 2.24) is 5.32 Å². The lowest BCUT2D eigenvalue weighted by Crippen LogP contribution is -2.32. The molecule has 2 N–H and O–H groups in total. The third kappa shape index (κ3) is 5.65. The quantitative estimate of drug-likeness (QED) is 0.791. The Morgan fingerprint density at radius 3 is 2.84 bits per heavy atom. The van der Waals surface area contributed by atoms with E-state index in [9.17, 15) is 13.6 Å². The fourth-order valence-electron chi connectivity index (χ4n) is 1.40. The van der Waals surface area contributed by atoms with Crippen molar-refractivity contribution in [3.8, 4) is 5.75 Å². The van der Waals surface area contributed by atoms with Crippen molar-refractivity contribution in [2.75, 3.05) is 19.8 Å². The molecule has 0 aliphatic carbocycles. The fraction of sp³-hybridized carbons (Fsp3) is 0.462. The Balaban J connectivity index is 2.33. The van der Waals surface area contributed by atoms with Crippen LogP contribution < -0.4 is 10.1 Å². The van der Waals surface area contributed by atoms with Crippen molar-refractivity contribution < 1.29 is 23.4 Å². The minimum Gasteiger partial charge on any atom is -0.481 e. The average Bonchev–Trinajstić information content (AvgIpc) is 2.35. The standard InChI is InChI=1S/C13H17F2NO3/c1-9(4-5-17)7-16-13(18)8-19-12-3-2-10(14)6-11(12)15/h2-3,6,9,17H,4-5,7-8H2,1H3,(H,16,18). The van der Waals surface area contributed by atoms with Gasteiger partial charge in [-0.1, -0.05) is 6.92 Å². The van der Waals surface area contributed by atoms with Crippen molar-refractivity contribution >= 4 is 5.91 Å². The van der Waals surface area contributed by atoms with Gasteiger partial charge in [0.05, 0.1) is 0 Å². The highest BCUT2D eigenvalue weighted by Crippen LogP contribution is 2.17. The van der Waals surface area contributed by atoms with E-state index in [1.807, 2.05) is 6.92 Å². The van der Waals surface area contributed by atoms with Crippen LogP contribution in [0, 0.1) is 17.6 Å². The van der Waals surface area contributed by atoms with Gasteiger partial charge in [-0.05, 0) is 24.5 Å². The highest BCUT2D eigenvalue weighted by Gasteiger charge is 2.09. The summed E-state index contributed by atoms with van der Waals surface area (Å²) in [5.74, 6) is -1.96. The second-order valence-corrected chi connectivity index (χ2v) is 4.28. The lowest BCUT2D eigenvalue weighted by atomic mass is 10.1. The number of aliphatic hydroxyl groups is 1. The highest BCUT2D eigenvalue weighted by atomic mass is 19.1. The van der Waals surface area contributed by atoms with Crippen LogP contribution in [-0.2, 0) is 4.79 Å². The molecule has 1 aromatic rings. The van der Waals surface area contributed by atoms with E-state index in [1.54, 1.807) is 0 Å². The van der Waals surface area contributed by atoms with E-state index in [4.69, 9.17) is 9.84 Å². The number of aliphatic hydroxyl groups excluding tert-OH is 1. The van der Waals surface area contributed by atoms with Gasteiger partial charge in [-0.3, -0.25) is 4.79 Å². The molecule has 1 rings (SSSR count). The van der Waals surface area contributed by atoms with E-state index < -0.39 is 17.5 Å². The zero-order chi connectivity index (χ0) is 14.3. The van der Waals surface area contributed by atoms with Gasteiger partial charge in [0.25, 0.3) is 5.91 Å². The number of carbonyl (C=O) groups excluding carboxylic acids is 1. The number of carbonyl (C=O) groups is 1. The normalized spacial score (nSPS) is 12.0. The molecule has 0 spiro atoms. The Hall–Kier alpha value is -1.69. The van der Waals surface area contributed by atoms with Crippen LogP contribution in [0.2, 0.25) is 0 Å². The van der Waals surface area contributed by atoms with Gasteiger partial charge in [0, 0.05) is 19.2 Å². The minimum atomic E-state index is -0.846. The summed E-state index contributed by atoms with van der Waals surface area (Å²) < 4.78 is 30.8. The Morgan fingerprint density at radius 1 is 1.47 bits per heavy atom. The van der Waals surface area contributed by atoms with Gasteiger partial charge < -0.3 is 15.2 Å². The molecule has 0 aromatic heterocycles. The van der Waals surface area contributed by atoms with Gasteiger partial charge >= 0.3 is 0 Å². The zero-order valence-electron chi connectivity index (χ0n) is 10.7. The molecule has 0 saturated carbocycles. The van der Waals surface area contributed by atoms with Crippen LogP contribution in [0.4, 0.5) is 8.78 Å². The molecule has 1 unspecified atom stereocenters. The van der Waals surface area contributed by atoms with E-state index >= 15 is 0 Å². The molecule has 0 bridgehead atoms. The van der Waals surface area contributed by atoms with Crippen LogP contribution in [0.5, 0.6) is 5.75 Å². The van der Waals surface area contributed by atoms with Gasteiger partial charge in [-0.2, -0.15) is 0 Å². The van der Waals surface area contributed by atoms with Crippen LogP contribution in [0.25, 0.3) is 0 Å². The monoisotopic (exact) mass is 273 g/mol. The number of rotatable bonds is 7. The molecule has 0 saturated heterocycles. The topological polar surface area (TPSA) is 58.6 Å². The van der Waals surface area contributed by atoms with E-state index in [0.717, 1.165) is 12.1 Å². The summed E-state index contributed by atoms with van der Waals surface area (Å²) in [4.78, 5) is 11.4. The first-order valence-corrected chi connectivity index (χ1v) is 5.98. The van der Waals surface area contributed by atoms with Crippen LogP contribution in [-0.4, -0.2) is 30.8 Å². The molecule has 0 aliphatic heterocycles. The Morgan fingerprint density at radius 2 is 2.21 bits per heavy atom. The number of nitrogens with one attached hydrogen (secondary N) is 1. The van der Waals surface area contributed by atoms with Gasteiger partial charge in [-0.15, -0.1) is 0 Å². The smallest absolute Gasteiger partial charge is 0.257 e. The van der Waals surface area contributed by atoms with Crippen molar-refractivity contribution in [2.45, 2.75) is 13.3 Å². The minimum absolute atomic E-state index is 0.0638. The summed E-state index contributed by atoms with van der Waals surface area (Å²) in [6.07, 6.45) is 0.591.